The summed E-state index contributed by atoms with van der Waals surface area (Å²) in [5, 5.41) is 15.8. The normalized spacial score (nSPS) is 10.2. The number of para-hydroxylation sites is 3. The lowest BCUT2D eigenvalue weighted by atomic mass is 10.1. The Morgan fingerprint density at radius 3 is 1.94 bits per heavy atom. The van der Waals surface area contributed by atoms with E-state index in [1.165, 1.54) is 51.7 Å². The molecule has 3 aromatic carbocycles. The van der Waals surface area contributed by atoms with E-state index in [-0.39, 0.29) is 33.8 Å². The Balaban J connectivity index is 1.87. The standard InChI is InChI=1S/C24H22N2O7/c1-31-19-13-5-4-8-14(19)22(28)25-17-11-6-9-15(20(17)27)23(29)26-18-12-7-10-16(21(18)32-2)24(30)33-3/h4-13,27H,1-3H3,(H,25,28)(H,26,29). The minimum atomic E-state index is -0.679. The number of aromatic hydroxyl groups is 1. The van der Waals surface area contributed by atoms with Crippen molar-refractivity contribution in [3.63, 3.8) is 0 Å². The molecule has 9 nitrogen and oxygen atoms in total. The van der Waals surface area contributed by atoms with Crippen LogP contribution in [0.25, 0.3) is 0 Å². The predicted molar refractivity (Wildman–Crippen MR) is 121 cm³/mol. The molecular weight excluding hydrogens is 428 g/mol. The number of methoxy groups -OCH3 is 3. The van der Waals surface area contributed by atoms with Gasteiger partial charge in [-0.05, 0) is 36.4 Å². The van der Waals surface area contributed by atoms with Crippen LogP contribution in [0.1, 0.15) is 31.1 Å². The van der Waals surface area contributed by atoms with Crippen LogP contribution in [-0.2, 0) is 4.74 Å². The second-order valence-electron chi connectivity index (χ2n) is 6.69. The molecule has 0 radical (unpaired) electrons. The summed E-state index contributed by atoms with van der Waals surface area (Å²) >= 11 is 0. The summed E-state index contributed by atoms with van der Waals surface area (Å²) in [6, 6.07) is 15.5. The van der Waals surface area contributed by atoms with Crippen LogP contribution < -0.4 is 20.1 Å². The number of phenols is 1. The Labute approximate surface area is 189 Å². The molecule has 0 aliphatic rings. The van der Waals surface area contributed by atoms with Crippen LogP contribution in [-0.4, -0.2) is 44.2 Å². The highest BCUT2D eigenvalue weighted by Crippen LogP contribution is 2.33. The van der Waals surface area contributed by atoms with Gasteiger partial charge in [-0.25, -0.2) is 4.79 Å². The molecule has 0 aromatic heterocycles. The zero-order chi connectivity index (χ0) is 24.0. The summed E-state index contributed by atoms with van der Waals surface area (Å²) < 4.78 is 15.2. The molecule has 2 amide bonds. The van der Waals surface area contributed by atoms with Crippen LogP contribution in [0.15, 0.2) is 60.7 Å². The molecule has 3 rings (SSSR count). The Bertz CT molecular complexity index is 1210. The van der Waals surface area contributed by atoms with E-state index in [0.717, 1.165) is 0 Å². The first-order valence-corrected chi connectivity index (χ1v) is 9.74. The number of hydrogen-bond donors (Lipinski definition) is 3. The number of nitrogens with one attached hydrogen (secondary N) is 2. The third-order valence-corrected chi connectivity index (χ3v) is 4.75. The lowest BCUT2D eigenvalue weighted by molar-refractivity contribution is 0.0596. The van der Waals surface area contributed by atoms with Crippen LogP contribution in [0.5, 0.6) is 17.2 Å². The van der Waals surface area contributed by atoms with Crippen LogP contribution in [0.4, 0.5) is 11.4 Å². The highest BCUT2D eigenvalue weighted by Gasteiger charge is 2.21. The van der Waals surface area contributed by atoms with Gasteiger partial charge in [-0.15, -0.1) is 0 Å². The van der Waals surface area contributed by atoms with E-state index in [1.54, 1.807) is 30.3 Å². The molecule has 0 bridgehead atoms. The Hall–Kier alpha value is -4.53. The molecule has 3 aromatic rings. The van der Waals surface area contributed by atoms with Crippen molar-refractivity contribution in [2.45, 2.75) is 0 Å². The van der Waals surface area contributed by atoms with Gasteiger partial charge in [0.25, 0.3) is 11.8 Å². The number of ether oxygens (including phenoxy) is 3. The predicted octanol–water partition coefficient (Wildman–Crippen LogP) is 3.70. The van der Waals surface area contributed by atoms with Crippen molar-refractivity contribution >= 4 is 29.2 Å². The van der Waals surface area contributed by atoms with E-state index in [9.17, 15) is 19.5 Å². The van der Waals surface area contributed by atoms with Crippen LogP contribution in [0, 0.1) is 0 Å². The summed E-state index contributed by atoms with van der Waals surface area (Å²) in [5.74, 6) is -1.79. The highest BCUT2D eigenvalue weighted by atomic mass is 16.5. The van der Waals surface area contributed by atoms with E-state index in [4.69, 9.17) is 14.2 Å². The molecule has 0 aliphatic heterocycles. The molecule has 0 saturated heterocycles. The van der Waals surface area contributed by atoms with E-state index in [2.05, 4.69) is 10.6 Å². The van der Waals surface area contributed by atoms with Gasteiger partial charge in [0.15, 0.2) is 11.5 Å². The number of esters is 1. The Morgan fingerprint density at radius 1 is 0.697 bits per heavy atom. The quantitative estimate of drug-likeness (QED) is 0.370. The fraction of sp³-hybridized carbons (Fsp3) is 0.125. The number of benzene rings is 3. The number of amides is 2. The largest absolute Gasteiger partial charge is 0.505 e. The highest BCUT2D eigenvalue weighted by molar-refractivity contribution is 6.11. The van der Waals surface area contributed by atoms with Crippen molar-refractivity contribution in [3.8, 4) is 17.2 Å². The molecule has 33 heavy (non-hydrogen) atoms. The third kappa shape index (κ3) is 4.87. The lowest BCUT2D eigenvalue weighted by Crippen LogP contribution is -2.16. The zero-order valence-electron chi connectivity index (χ0n) is 18.2. The second kappa shape index (κ2) is 10.2. The van der Waals surface area contributed by atoms with Gasteiger partial charge in [-0.3, -0.25) is 9.59 Å². The molecule has 0 saturated carbocycles. The SMILES string of the molecule is COC(=O)c1cccc(NC(=O)c2cccc(NC(=O)c3ccccc3OC)c2O)c1OC. The molecule has 170 valence electrons. The molecule has 9 heteroatoms. The molecule has 3 N–H and O–H groups in total. The summed E-state index contributed by atoms with van der Waals surface area (Å²) in [7, 11) is 4.02. The minimum absolute atomic E-state index is 0.0360. The number of phenolic OH excluding ortho intramolecular Hbond substituents is 1. The number of hydrogen-bond acceptors (Lipinski definition) is 7. The summed E-state index contributed by atoms with van der Waals surface area (Å²) in [5.41, 5.74) is 0.527. The number of anilines is 2. The average molecular weight is 450 g/mol. The lowest BCUT2D eigenvalue weighted by Gasteiger charge is -2.15. The molecule has 0 spiro atoms. The van der Waals surface area contributed by atoms with Crippen molar-refractivity contribution < 1.29 is 33.7 Å². The average Bonchev–Trinajstić information content (AvgIpc) is 2.84. The van der Waals surface area contributed by atoms with Gasteiger partial charge in [-0.1, -0.05) is 24.3 Å². The van der Waals surface area contributed by atoms with Gasteiger partial charge >= 0.3 is 5.97 Å². The van der Waals surface area contributed by atoms with Crippen molar-refractivity contribution in [2.24, 2.45) is 0 Å². The molecule has 0 unspecified atom stereocenters. The van der Waals surface area contributed by atoms with Gasteiger partial charge in [0.05, 0.1) is 43.8 Å². The number of carbonyl (C=O) groups is 3. The Morgan fingerprint density at radius 2 is 1.27 bits per heavy atom. The van der Waals surface area contributed by atoms with E-state index < -0.39 is 23.5 Å². The first kappa shape index (κ1) is 23.1. The van der Waals surface area contributed by atoms with Gasteiger partial charge in [0.2, 0.25) is 0 Å². The van der Waals surface area contributed by atoms with Gasteiger partial charge in [0.1, 0.15) is 11.3 Å². The monoisotopic (exact) mass is 450 g/mol. The molecule has 0 aliphatic carbocycles. The molecule has 0 heterocycles. The summed E-state index contributed by atoms with van der Waals surface area (Å²) in [6.45, 7) is 0. The second-order valence-corrected chi connectivity index (χ2v) is 6.69. The fourth-order valence-electron chi connectivity index (χ4n) is 3.17. The van der Waals surface area contributed by atoms with Crippen molar-refractivity contribution in [2.75, 3.05) is 32.0 Å². The zero-order valence-corrected chi connectivity index (χ0v) is 18.2. The van der Waals surface area contributed by atoms with Crippen LogP contribution in [0.2, 0.25) is 0 Å². The summed E-state index contributed by atoms with van der Waals surface area (Å²) in [4.78, 5) is 37.5. The van der Waals surface area contributed by atoms with Gasteiger partial charge in [0, 0.05) is 0 Å². The number of carbonyl (C=O) groups excluding carboxylic acids is 3. The maximum Gasteiger partial charge on any atom is 0.341 e. The van der Waals surface area contributed by atoms with Crippen molar-refractivity contribution in [1.82, 2.24) is 0 Å². The van der Waals surface area contributed by atoms with Gasteiger partial charge in [-0.2, -0.15) is 0 Å². The van der Waals surface area contributed by atoms with Crippen LogP contribution in [0.3, 0.4) is 0 Å². The van der Waals surface area contributed by atoms with E-state index in [1.807, 2.05) is 0 Å². The van der Waals surface area contributed by atoms with E-state index in [0.29, 0.717) is 5.75 Å². The minimum Gasteiger partial charge on any atom is -0.505 e. The van der Waals surface area contributed by atoms with Gasteiger partial charge < -0.3 is 30.0 Å². The van der Waals surface area contributed by atoms with Crippen LogP contribution >= 0.6 is 0 Å². The maximum atomic E-state index is 12.9. The first-order valence-electron chi connectivity index (χ1n) is 9.74. The molecule has 0 atom stereocenters. The molecule has 0 fully saturated rings. The topological polar surface area (TPSA) is 123 Å². The third-order valence-electron chi connectivity index (χ3n) is 4.75. The first-order chi connectivity index (χ1) is 15.9. The smallest absolute Gasteiger partial charge is 0.341 e. The van der Waals surface area contributed by atoms with E-state index >= 15 is 0 Å². The van der Waals surface area contributed by atoms with Crippen molar-refractivity contribution in [3.05, 3.63) is 77.4 Å². The maximum absolute atomic E-state index is 12.9. The summed E-state index contributed by atoms with van der Waals surface area (Å²) in [6.07, 6.45) is 0. The Kier molecular flexibility index (Phi) is 7.14. The molecular formula is C24H22N2O7. The fourth-order valence-corrected chi connectivity index (χ4v) is 3.17. The van der Waals surface area contributed by atoms with Crippen molar-refractivity contribution in [1.29, 1.82) is 0 Å². The number of rotatable bonds is 7.